The van der Waals surface area contributed by atoms with Crippen molar-refractivity contribution in [3.05, 3.63) is 30.3 Å². The van der Waals surface area contributed by atoms with Crippen LogP contribution in [0.25, 0.3) is 0 Å². The lowest BCUT2D eigenvalue weighted by Gasteiger charge is -2.22. The van der Waals surface area contributed by atoms with Crippen molar-refractivity contribution in [1.82, 2.24) is 0 Å². The average molecular weight is 192 g/mol. The van der Waals surface area contributed by atoms with Crippen molar-refractivity contribution in [2.75, 3.05) is 6.61 Å². The van der Waals surface area contributed by atoms with Crippen LogP contribution >= 0.6 is 0 Å². The third-order valence-corrected chi connectivity index (χ3v) is 2.78. The van der Waals surface area contributed by atoms with Crippen LogP contribution in [0.3, 0.4) is 0 Å². The standard InChI is InChI=1S/C12H16O2/c13-12(8-4-5-9-12)10-14-11-6-2-1-3-7-11/h1-3,6-7,13H,4-5,8-10H2. The smallest absolute Gasteiger partial charge is 0.119 e. The zero-order valence-electron chi connectivity index (χ0n) is 8.28. The molecule has 1 aromatic carbocycles. The number of rotatable bonds is 3. The molecule has 0 bridgehead atoms. The SMILES string of the molecule is OC1(COc2ccccc2)CCCC1. The summed E-state index contributed by atoms with van der Waals surface area (Å²) in [6.07, 6.45) is 3.99. The van der Waals surface area contributed by atoms with Gasteiger partial charge in [-0.1, -0.05) is 31.0 Å². The van der Waals surface area contributed by atoms with Crippen LogP contribution in [0.2, 0.25) is 0 Å². The zero-order chi connectivity index (χ0) is 9.86. The average Bonchev–Trinajstić information content (AvgIpc) is 2.65. The second kappa shape index (κ2) is 4.01. The van der Waals surface area contributed by atoms with E-state index in [4.69, 9.17) is 4.74 Å². The quantitative estimate of drug-likeness (QED) is 0.796. The van der Waals surface area contributed by atoms with E-state index in [-0.39, 0.29) is 0 Å². The molecule has 0 aliphatic heterocycles. The van der Waals surface area contributed by atoms with E-state index in [0.717, 1.165) is 31.4 Å². The van der Waals surface area contributed by atoms with Crippen LogP contribution in [0.1, 0.15) is 25.7 Å². The maximum Gasteiger partial charge on any atom is 0.119 e. The van der Waals surface area contributed by atoms with Gasteiger partial charge in [0.15, 0.2) is 0 Å². The summed E-state index contributed by atoms with van der Waals surface area (Å²) in [6.45, 7) is 0.428. The van der Waals surface area contributed by atoms with Gasteiger partial charge in [-0.05, 0) is 25.0 Å². The maximum absolute atomic E-state index is 10.0. The first-order valence-electron chi connectivity index (χ1n) is 5.19. The van der Waals surface area contributed by atoms with E-state index in [9.17, 15) is 5.11 Å². The highest BCUT2D eigenvalue weighted by Gasteiger charge is 2.31. The van der Waals surface area contributed by atoms with Crippen LogP contribution in [0.5, 0.6) is 5.75 Å². The number of para-hydroxylation sites is 1. The number of hydrogen-bond donors (Lipinski definition) is 1. The molecular formula is C12H16O2. The molecule has 2 nitrogen and oxygen atoms in total. The van der Waals surface area contributed by atoms with Crippen molar-refractivity contribution in [2.24, 2.45) is 0 Å². The molecule has 76 valence electrons. The highest BCUT2D eigenvalue weighted by atomic mass is 16.5. The van der Waals surface area contributed by atoms with Crippen LogP contribution in [0, 0.1) is 0 Å². The van der Waals surface area contributed by atoms with E-state index >= 15 is 0 Å². The summed E-state index contributed by atoms with van der Waals surface area (Å²) in [5.74, 6) is 0.841. The topological polar surface area (TPSA) is 29.5 Å². The molecule has 0 atom stereocenters. The maximum atomic E-state index is 10.0. The van der Waals surface area contributed by atoms with Gasteiger partial charge in [-0.15, -0.1) is 0 Å². The molecule has 1 N–H and O–H groups in total. The van der Waals surface area contributed by atoms with Gasteiger partial charge in [0.25, 0.3) is 0 Å². The molecule has 0 unspecified atom stereocenters. The van der Waals surface area contributed by atoms with E-state index in [2.05, 4.69) is 0 Å². The first-order chi connectivity index (χ1) is 6.79. The fourth-order valence-corrected chi connectivity index (χ4v) is 1.91. The minimum absolute atomic E-state index is 0.428. The molecule has 0 amide bonds. The van der Waals surface area contributed by atoms with Crippen molar-refractivity contribution in [3.8, 4) is 5.75 Å². The lowest BCUT2D eigenvalue weighted by Crippen LogP contribution is -2.32. The molecule has 0 spiro atoms. The van der Waals surface area contributed by atoms with Crippen molar-refractivity contribution in [2.45, 2.75) is 31.3 Å². The molecule has 1 aliphatic rings. The lowest BCUT2D eigenvalue weighted by atomic mass is 10.0. The predicted octanol–water partition coefficient (Wildman–Crippen LogP) is 2.37. The second-order valence-electron chi connectivity index (χ2n) is 4.03. The van der Waals surface area contributed by atoms with Gasteiger partial charge in [0, 0.05) is 0 Å². The summed E-state index contributed by atoms with van der Waals surface area (Å²) in [5.41, 5.74) is -0.574. The third-order valence-electron chi connectivity index (χ3n) is 2.78. The highest BCUT2D eigenvalue weighted by molar-refractivity contribution is 5.21. The van der Waals surface area contributed by atoms with Crippen LogP contribution in [-0.2, 0) is 0 Å². The number of ether oxygens (including phenoxy) is 1. The van der Waals surface area contributed by atoms with Gasteiger partial charge >= 0.3 is 0 Å². The van der Waals surface area contributed by atoms with E-state index in [1.165, 1.54) is 0 Å². The zero-order valence-corrected chi connectivity index (χ0v) is 8.28. The lowest BCUT2D eigenvalue weighted by molar-refractivity contribution is 0.00141. The van der Waals surface area contributed by atoms with Crippen molar-refractivity contribution < 1.29 is 9.84 Å². The van der Waals surface area contributed by atoms with Gasteiger partial charge in [0.05, 0.1) is 5.60 Å². The van der Waals surface area contributed by atoms with Gasteiger partial charge in [0.2, 0.25) is 0 Å². The molecule has 2 rings (SSSR count). The third kappa shape index (κ3) is 2.26. The summed E-state index contributed by atoms with van der Waals surface area (Å²) in [7, 11) is 0. The van der Waals surface area contributed by atoms with E-state index in [0.29, 0.717) is 6.61 Å². The number of benzene rings is 1. The van der Waals surface area contributed by atoms with Crippen molar-refractivity contribution >= 4 is 0 Å². The summed E-state index contributed by atoms with van der Waals surface area (Å²) in [5, 5.41) is 10.0. The van der Waals surface area contributed by atoms with E-state index < -0.39 is 5.60 Å². The Morgan fingerprint density at radius 1 is 1.14 bits per heavy atom. The Labute approximate surface area is 84.5 Å². The van der Waals surface area contributed by atoms with Crippen LogP contribution in [0.4, 0.5) is 0 Å². The van der Waals surface area contributed by atoms with Gasteiger partial charge in [0.1, 0.15) is 12.4 Å². The minimum Gasteiger partial charge on any atom is -0.491 e. The number of hydrogen-bond acceptors (Lipinski definition) is 2. The Morgan fingerprint density at radius 2 is 1.79 bits per heavy atom. The normalized spacial score (nSPS) is 19.5. The minimum atomic E-state index is -0.574. The second-order valence-corrected chi connectivity index (χ2v) is 4.03. The Kier molecular flexibility index (Phi) is 2.73. The molecule has 1 fully saturated rings. The fraction of sp³-hybridized carbons (Fsp3) is 0.500. The Hall–Kier alpha value is -1.02. The highest BCUT2D eigenvalue weighted by Crippen LogP contribution is 2.29. The number of aliphatic hydroxyl groups is 1. The summed E-state index contributed by atoms with van der Waals surface area (Å²) < 4.78 is 5.54. The van der Waals surface area contributed by atoms with Crippen LogP contribution in [-0.4, -0.2) is 17.3 Å². The first-order valence-corrected chi connectivity index (χ1v) is 5.19. The Morgan fingerprint density at radius 3 is 2.43 bits per heavy atom. The molecule has 0 heterocycles. The summed E-state index contributed by atoms with van der Waals surface area (Å²) in [4.78, 5) is 0. The molecule has 14 heavy (non-hydrogen) atoms. The van der Waals surface area contributed by atoms with Crippen LogP contribution < -0.4 is 4.74 Å². The first kappa shape index (κ1) is 9.53. The molecule has 1 saturated carbocycles. The molecule has 0 saturated heterocycles. The van der Waals surface area contributed by atoms with Gasteiger partial charge in [-0.3, -0.25) is 0 Å². The van der Waals surface area contributed by atoms with E-state index in [1.807, 2.05) is 30.3 Å². The fourth-order valence-electron chi connectivity index (χ4n) is 1.91. The van der Waals surface area contributed by atoms with E-state index in [1.54, 1.807) is 0 Å². The molecular weight excluding hydrogens is 176 g/mol. The van der Waals surface area contributed by atoms with Gasteiger partial charge < -0.3 is 9.84 Å². The molecule has 1 aliphatic carbocycles. The largest absolute Gasteiger partial charge is 0.491 e. The Balaban J connectivity index is 1.88. The molecule has 0 radical (unpaired) electrons. The predicted molar refractivity (Wildman–Crippen MR) is 55.4 cm³/mol. The molecule has 0 aromatic heterocycles. The van der Waals surface area contributed by atoms with Crippen molar-refractivity contribution in [1.29, 1.82) is 0 Å². The Bertz CT molecular complexity index is 276. The van der Waals surface area contributed by atoms with Crippen LogP contribution in [0.15, 0.2) is 30.3 Å². The van der Waals surface area contributed by atoms with Gasteiger partial charge in [-0.25, -0.2) is 0 Å². The monoisotopic (exact) mass is 192 g/mol. The molecule has 2 heteroatoms. The summed E-state index contributed by atoms with van der Waals surface area (Å²) >= 11 is 0. The van der Waals surface area contributed by atoms with Gasteiger partial charge in [-0.2, -0.15) is 0 Å². The van der Waals surface area contributed by atoms with Crippen molar-refractivity contribution in [3.63, 3.8) is 0 Å². The summed E-state index contributed by atoms with van der Waals surface area (Å²) in [6, 6.07) is 9.66. The molecule has 1 aromatic rings.